The molecule has 0 unspecified atom stereocenters. The van der Waals surface area contributed by atoms with E-state index in [0.717, 1.165) is 61.8 Å². The Morgan fingerprint density at radius 2 is 1.02 bits per heavy atom. The molecule has 2 aromatic carbocycles. The number of urea groups is 1. The number of carbonyl (C=O) groups is 1. The van der Waals surface area contributed by atoms with Gasteiger partial charge in [0.25, 0.3) is 0 Å². The van der Waals surface area contributed by atoms with Gasteiger partial charge in [0, 0.05) is 23.9 Å². The van der Waals surface area contributed by atoms with Gasteiger partial charge >= 0.3 is 6.03 Å². The standard InChI is InChI=1S/C37H48Cl4N6O/c1-36(2,25-46-19-7-5-8-20-46)33(17-13-27-11-15-29(38)31(40)23-27)42-44-35(48)45-43-34(18-14-28-12-16-30(39)32(41)24-28)37(3,4)26-47-21-9-6-10-22-47/h11-18,23-24H,5-10,19-22,25-26H2,1-4H3,(H2,44,45,48)/b17-13+,18-14+,42-33-,43-34-. The number of benzene rings is 2. The van der Waals surface area contributed by atoms with Gasteiger partial charge in [0.2, 0.25) is 0 Å². The van der Waals surface area contributed by atoms with Crippen molar-refractivity contribution in [3.63, 3.8) is 0 Å². The summed E-state index contributed by atoms with van der Waals surface area (Å²) in [7, 11) is 0. The van der Waals surface area contributed by atoms with Crippen molar-refractivity contribution in [1.29, 1.82) is 0 Å². The molecule has 2 aliphatic rings. The first-order valence-corrected chi connectivity index (χ1v) is 18.3. The monoisotopic (exact) mass is 732 g/mol. The van der Waals surface area contributed by atoms with Gasteiger partial charge in [-0.3, -0.25) is 0 Å². The zero-order valence-corrected chi connectivity index (χ0v) is 31.5. The van der Waals surface area contributed by atoms with Crippen LogP contribution in [-0.2, 0) is 0 Å². The summed E-state index contributed by atoms with van der Waals surface area (Å²) in [5.41, 5.74) is 7.92. The lowest BCUT2D eigenvalue weighted by Gasteiger charge is -2.35. The average Bonchev–Trinajstić information content (AvgIpc) is 3.04. The Kier molecular flexibility index (Phi) is 14.4. The summed E-state index contributed by atoms with van der Waals surface area (Å²) in [5.74, 6) is 0. The summed E-state index contributed by atoms with van der Waals surface area (Å²) in [6.07, 6.45) is 15.0. The molecule has 0 bridgehead atoms. The number of allylic oxidation sites excluding steroid dienone is 2. The molecule has 2 saturated heterocycles. The van der Waals surface area contributed by atoms with Crippen LogP contribution < -0.4 is 10.9 Å². The minimum Gasteiger partial charge on any atom is -0.302 e. The smallest absolute Gasteiger partial charge is 0.302 e. The number of rotatable bonds is 12. The number of nitrogens with one attached hydrogen (secondary N) is 2. The van der Waals surface area contributed by atoms with Crippen LogP contribution in [0.2, 0.25) is 20.1 Å². The summed E-state index contributed by atoms with van der Waals surface area (Å²) >= 11 is 24.8. The molecule has 2 aliphatic heterocycles. The molecular weight excluding hydrogens is 686 g/mol. The average molecular weight is 735 g/mol. The Hall–Kier alpha value is -2.39. The second-order valence-corrected chi connectivity index (χ2v) is 15.6. The maximum absolute atomic E-state index is 13.2. The first-order valence-electron chi connectivity index (χ1n) is 16.8. The van der Waals surface area contributed by atoms with Crippen LogP contribution in [0.5, 0.6) is 0 Å². The third-order valence-electron chi connectivity index (χ3n) is 8.83. The Morgan fingerprint density at radius 3 is 1.38 bits per heavy atom. The molecule has 2 aromatic rings. The molecule has 0 saturated carbocycles. The molecule has 11 heteroatoms. The quantitative estimate of drug-likeness (QED) is 0.169. The van der Waals surface area contributed by atoms with Crippen LogP contribution in [0.15, 0.2) is 58.8 Å². The van der Waals surface area contributed by atoms with Crippen LogP contribution in [0.25, 0.3) is 12.2 Å². The van der Waals surface area contributed by atoms with Crippen LogP contribution >= 0.6 is 46.4 Å². The molecule has 2 fully saturated rings. The highest BCUT2D eigenvalue weighted by Crippen LogP contribution is 2.28. The van der Waals surface area contributed by atoms with E-state index in [1.54, 1.807) is 12.1 Å². The number of piperidine rings is 2. The number of carbonyl (C=O) groups excluding carboxylic acids is 1. The number of halogens is 4. The van der Waals surface area contributed by atoms with Gasteiger partial charge in [0.05, 0.1) is 31.5 Å². The van der Waals surface area contributed by atoms with E-state index in [1.807, 2.05) is 48.6 Å². The fourth-order valence-corrected chi connectivity index (χ4v) is 6.79. The Balaban J connectivity index is 1.56. The van der Waals surface area contributed by atoms with E-state index in [-0.39, 0.29) is 10.8 Å². The molecule has 0 aliphatic carbocycles. The molecule has 0 aromatic heterocycles. The van der Waals surface area contributed by atoms with Gasteiger partial charge in [-0.2, -0.15) is 10.2 Å². The van der Waals surface area contributed by atoms with E-state index in [9.17, 15) is 4.79 Å². The van der Waals surface area contributed by atoms with Crippen molar-refractivity contribution in [2.45, 2.75) is 66.2 Å². The normalized spacial score (nSPS) is 17.8. The molecule has 48 heavy (non-hydrogen) atoms. The second kappa shape index (κ2) is 18.0. The zero-order chi connectivity index (χ0) is 34.7. The highest BCUT2D eigenvalue weighted by Gasteiger charge is 2.29. The first-order chi connectivity index (χ1) is 22.8. The number of hydrogen-bond donors (Lipinski definition) is 2. The number of amides is 2. The lowest BCUT2D eigenvalue weighted by atomic mass is 9.85. The first kappa shape index (κ1) is 38.4. The highest BCUT2D eigenvalue weighted by atomic mass is 35.5. The molecule has 0 radical (unpaired) electrons. The highest BCUT2D eigenvalue weighted by molar-refractivity contribution is 6.42. The molecule has 4 rings (SSSR count). The van der Waals surface area contributed by atoms with E-state index in [2.05, 4.69) is 58.5 Å². The third kappa shape index (κ3) is 11.9. The number of likely N-dealkylation sites (tertiary alicyclic amines) is 2. The van der Waals surface area contributed by atoms with Crippen molar-refractivity contribution in [2.75, 3.05) is 39.3 Å². The molecular formula is C37H48Cl4N6O. The van der Waals surface area contributed by atoms with E-state index >= 15 is 0 Å². The van der Waals surface area contributed by atoms with E-state index in [0.29, 0.717) is 20.1 Å². The van der Waals surface area contributed by atoms with Gasteiger partial charge in [-0.25, -0.2) is 15.6 Å². The lowest BCUT2D eigenvalue weighted by molar-refractivity contribution is 0.186. The maximum atomic E-state index is 13.2. The van der Waals surface area contributed by atoms with E-state index in [4.69, 9.17) is 46.4 Å². The Morgan fingerprint density at radius 1 is 0.646 bits per heavy atom. The fraction of sp³-hybridized carbons (Fsp3) is 0.486. The topological polar surface area (TPSA) is 72.3 Å². The van der Waals surface area contributed by atoms with E-state index < -0.39 is 6.03 Å². The van der Waals surface area contributed by atoms with Crippen LogP contribution in [0.4, 0.5) is 4.79 Å². The number of nitrogens with zero attached hydrogens (tertiary/aromatic N) is 4. The SMILES string of the molecule is CC(C)(CN1CCCCC1)C(/C=C/c1ccc(Cl)c(Cl)c1)=N\NC(=O)N/N=C(/C=C/c1ccc(Cl)c(Cl)c1)C(C)(C)CN1CCCCC1. The lowest BCUT2D eigenvalue weighted by Crippen LogP contribution is -2.43. The van der Waals surface area contributed by atoms with Crippen LogP contribution in [0.1, 0.15) is 77.3 Å². The van der Waals surface area contributed by atoms with Crippen molar-refractivity contribution >= 4 is 76.0 Å². The Bertz CT molecular complexity index is 1410. The second-order valence-electron chi connectivity index (χ2n) is 14.0. The van der Waals surface area contributed by atoms with Gasteiger partial charge in [0.1, 0.15) is 0 Å². The Labute approximate surface area is 306 Å². The largest absolute Gasteiger partial charge is 0.355 e. The van der Waals surface area contributed by atoms with Gasteiger partial charge in [-0.15, -0.1) is 0 Å². The van der Waals surface area contributed by atoms with Crippen molar-refractivity contribution in [1.82, 2.24) is 20.7 Å². The van der Waals surface area contributed by atoms with Crippen LogP contribution in [-0.4, -0.2) is 66.5 Å². The predicted octanol–water partition coefficient (Wildman–Crippen LogP) is 10.1. The number of hydrogen-bond acceptors (Lipinski definition) is 5. The van der Waals surface area contributed by atoms with Gasteiger partial charge in [0.15, 0.2) is 0 Å². The zero-order valence-electron chi connectivity index (χ0n) is 28.5. The van der Waals surface area contributed by atoms with Gasteiger partial charge in [-0.1, -0.05) is 111 Å². The molecule has 7 nitrogen and oxygen atoms in total. The number of hydrazone groups is 2. The van der Waals surface area contributed by atoms with Crippen molar-refractivity contribution in [2.24, 2.45) is 21.0 Å². The molecule has 2 N–H and O–H groups in total. The molecule has 2 amide bonds. The predicted molar refractivity (Wildman–Crippen MR) is 206 cm³/mol. The molecule has 260 valence electrons. The van der Waals surface area contributed by atoms with Crippen molar-refractivity contribution in [3.8, 4) is 0 Å². The van der Waals surface area contributed by atoms with Gasteiger partial charge in [-0.05, 0) is 99.4 Å². The van der Waals surface area contributed by atoms with Crippen LogP contribution in [0, 0.1) is 10.8 Å². The third-order valence-corrected chi connectivity index (χ3v) is 10.3. The summed E-state index contributed by atoms with van der Waals surface area (Å²) in [6, 6.07) is 10.4. The minimum absolute atomic E-state index is 0.356. The van der Waals surface area contributed by atoms with Gasteiger partial charge < -0.3 is 9.80 Å². The maximum Gasteiger partial charge on any atom is 0.355 e. The molecule has 0 spiro atoms. The molecule has 0 atom stereocenters. The summed E-state index contributed by atoms with van der Waals surface area (Å²) in [4.78, 5) is 18.2. The van der Waals surface area contributed by atoms with Crippen molar-refractivity contribution in [3.05, 3.63) is 79.8 Å². The summed E-state index contributed by atoms with van der Waals surface area (Å²) < 4.78 is 0. The minimum atomic E-state index is -0.529. The van der Waals surface area contributed by atoms with E-state index in [1.165, 1.54) is 38.5 Å². The fourth-order valence-electron chi connectivity index (χ4n) is 6.17. The van der Waals surface area contributed by atoms with Crippen molar-refractivity contribution < 1.29 is 4.79 Å². The van der Waals surface area contributed by atoms with Crippen LogP contribution in [0.3, 0.4) is 0 Å². The summed E-state index contributed by atoms with van der Waals surface area (Å²) in [5, 5.41) is 11.2. The summed E-state index contributed by atoms with van der Waals surface area (Å²) in [6.45, 7) is 14.4. The molecule has 2 heterocycles.